The first kappa shape index (κ1) is 28.2. The lowest BCUT2D eigenvalue weighted by molar-refractivity contribution is -0.142. The number of fused-ring (bicyclic) bond motifs is 1. The number of para-hydroxylation sites is 1. The van der Waals surface area contributed by atoms with Crippen molar-refractivity contribution in [3.63, 3.8) is 0 Å². The molecule has 0 saturated carbocycles. The van der Waals surface area contributed by atoms with Crippen LogP contribution < -0.4 is 27.4 Å². The first-order valence-corrected chi connectivity index (χ1v) is 12.5. The number of carbonyl (C=O) groups is 3. The monoisotopic (exact) mass is 521 g/mol. The fourth-order valence-electron chi connectivity index (χ4n) is 4.20. The van der Waals surface area contributed by atoms with Crippen molar-refractivity contribution in [3.05, 3.63) is 71.9 Å². The van der Waals surface area contributed by atoms with E-state index in [1.54, 1.807) is 6.20 Å². The van der Waals surface area contributed by atoms with Crippen LogP contribution in [0.1, 0.15) is 30.4 Å². The van der Waals surface area contributed by atoms with Crippen LogP contribution in [0.5, 0.6) is 0 Å². The zero-order valence-electron chi connectivity index (χ0n) is 21.1. The Labute approximate surface area is 220 Å². The molecule has 2 amide bonds. The van der Waals surface area contributed by atoms with Gasteiger partial charge in [0.25, 0.3) is 0 Å². The third kappa shape index (κ3) is 8.34. The van der Waals surface area contributed by atoms with Gasteiger partial charge in [-0.3, -0.25) is 15.0 Å². The molecule has 0 unspecified atom stereocenters. The van der Waals surface area contributed by atoms with E-state index < -0.39 is 35.9 Å². The number of aliphatic carboxylic acids is 1. The topological polar surface area (TPSA) is 199 Å². The molecule has 3 aromatic rings. The Morgan fingerprint density at radius 3 is 2.32 bits per heavy atom. The minimum Gasteiger partial charge on any atom is -0.480 e. The van der Waals surface area contributed by atoms with Gasteiger partial charge < -0.3 is 37.5 Å². The number of hydrogen-bond acceptors (Lipinski definition) is 5. The largest absolute Gasteiger partial charge is 0.480 e. The third-order valence-corrected chi connectivity index (χ3v) is 6.22. The summed E-state index contributed by atoms with van der Waals surface area (Å²) in [5.74, 6) is -2.43. The highest BCUT2D eigenvalue weighted by atomic mass is 16.4. The van der Waals surface area contributed by atoms with E-state index in [4.69, 9.17) is 16.9 Å². The molecule has 2 aromatic carbocycles. The summed E-state index contributed by atoms with van der Waals surface area (Å²) in [6.07, 6.45) is 3.47. The van der Waals surface area contributed by atoms with Crippen LogP contribution in [0, 0.1) is 5.41 Å². The summed E-state index contributed by atoms with van der Waals surface area (Å²) in [6.45, 7) is 0.434. The van der Waals surface area contributed by atoms with Gasteiger partial charge in [0.05, 0.1) is 6.04 Å². The van der Waals surface area contributed by atoms with Crippen LogP contribution in [0.2, 0.25) is 0 Å². The average Bonchev–Trinajstić information content (AvgIpc) is 3.30. The summed E-state index contributed by atoms with van der Waals surface area (Å²) >= 11 is 0. The molecular weight excluding hydrogens is 486 g/mol. The van der Waals surface area contributed by atoms with Crippen LogP contribution >= 0.6 is 0 Å². The van der Waals surface area contributed by atoms with Gasteiger partial charge >= 0.3 is 5.97 Å². The first-order valence-electron chi connectivity index (χ1n) is 12.5. The molecular formula is C27H35N7O4. The van der Waals surface area contributed by atoms with Crippen molar-refractivity contribution in [1.82, 2.24) is 20.9 Å². The molecule has 202 valence electrons. The fraction of sp³-hybridized carbons (Fsp3) is 0.333. The number of guanidine groups is 1. The number of nitrogens with one attached hydrogen (secondary N) is 5. The van der Waals surface area contributed by atoms with Gasteiger partial charge in [0, 0.05) is 30.1 Å². The van der Waals surface area contributed by atoms with Crippen molar-refractivity contribution in [2.45, 2.75) is 50.2 Å². The highest BCUT2D eigenvalue weighted by molar-refractivity contribution is 5.92. The summed E-state index contributed by atoms with van der Waals surface area (Å²) < 4.78 is 0. The molecule has 11 nitrogen and oxygen atoms in total. The van der Waals surface area contributed by atoms with E-state index in [0.717, 1.165) is 22.0 Å². The molecule has 1 heterocycles. The second-order valence-corrected chi connectivity index (χ2v) is 9.16. The lowest BCUT2D eigenvalue weighted by atomic mass is 10.0. The Morgan fingerprint density at radius 2 is 1.61 bits per heavy atom. The van der Waals surface area contributed by atoms with E-state index in [1.807, 2.05) is 54.6 Å². The number of unbranched alkanes of at least 4 members (excludes halogenated alkanes) is 1. The minimum absolute atomic E-state index is 0.0712. The second-order valence-electron chi connectivity index (χ2n) is 9.16. The van der Waals surface area contributed by atoms with Crippen LogP contribution in [0.25, 0.3) is 10.9 Å². The Kier molecular flexibility index (Phi) is 10.2. The number of carboxylic acid groups (broad SMARTS) is 1. The van der Waals surface area contributed by atoms with Gasteiger partial charge in [-0.05, 0) is 42.9 Å². The van der Waals surface area contributed by atoms with Crippen molar-refractivity contribution < 1.29 is 19.5 Å². The number of carboxylic acids is 1. The zero-order chi connectivity index (χ0) is 27.5. The van der Waals surface area contributed by atoms with Crippen molar-refractivity contribution in [2.24, 2.45) is 11.5 Å². The highest BCUT2D eigenvalue weighted by Gasteiger charge is 2.28. The van der Waals surface area contributed by atoms with Crippen LogP contribution in [-0.4, -0.2) is 58.5 Å². The van der Waals surface area contributed by atoms with Crippen molar-refractivity contribution in [1.29, 1.82) is 5.41 Å². The maximum Gasteiger partial charge on any atom is 0.326 e. The zero-order valence-corrected chi connectivity index (χ0v) is 21.1. The maximum absolute atomic E-state index is 13.2. The number of carbonyl (C=O) groups excluding carboxylic acids is 2. The lowest BCUT2D eigenvalue weighted by Crippen LogP contribution is -2.55. The van der Waals surface area contributed by atoms with Gasteiger partial charge in [-0.1, -0.05) is 48.5 Å². The number of H-pyrrole nitrogens is 1. The number of rotatable bonds is 14. The number of aromatic amines is 1. The predicted octanol–water partition coefficient (Wildman–Crippen LogP) is 0.988. The predicted molar refractivity (Wildman–Crippen MR) is 145 cm³/mol. The van der Waals surface area contributed by atoms with Crippen LogP contribution in [0.4, 0.5) is 0 Å². The van der Waals surface area contributed by atoms with Crippen molar-refractivity contribution in [2.75, 3.05) is 6.54 Å². The van der Waals surface area contributed by atoms with Crippen LogP contribution in [-0.2, 0) is 27.2 Å². The standard InChI is InChI=1S/C27H35N7O4/c28-20(14-17-8-2-1-3-9-17)24(35)33-22(12-6-7-13-31-27(29)30)25(36)34-23(26(37)38)15-18-16-32-21-11-5-4-10-19(18)21/h1-5,8-11,16,20,22-23,32H,6-7,12-15,28H2,(H,33,35)(H,34,36)(H,37,38)(H4,29,30,31)/t20-,22+,23+/m1/s1. The molecule has 0 fully saturated rings. The number of aromatic nitrogens is 1. The molecule has 3 rings (SSSR count). The van der Waals surface area contributed by atoms with E-state index in [9.17, 15) is 19.5 Å². The second kappa shape index (κ2) is 13.8. The van der Waals surface area contributed by atoms with E-state index in [0.29, 0.717) is 25.8 Å². The number of benzene rings is 2. The third-order valence-electron chi connectivity index (χ3n) is 6.22. The molecule has 1 aromatic heterocycles. The molecule has 11 heteroatoms. The molecule has 10 N–H and O–H groups in total. The van der Waals surface area contributed by atoms with Gasteiger partial charge in [0.2, 0.25) is 11.8 Å². The molecule has 0 aliphatic rings. The minimum atomic E-state index is -1.20. The Bertz CT molecular complexity index is 1240. The molecule has 3 atom stereocenters. The summed E-state index contributed by atoms with van der Waals surface area (Å²) in [7, 11) is 0. The molecule has 38 heavy (non-hydrogen) atoms. The summed E-state index contributed by atoms with van der Waals surface area (Å²) in [5.41, 5.74) is 13.9. The summed E-state index contributed by atoms with van der Waals surface area (Å²) in [5, 5.41) is 25.9. The maximum atomic E-state index is 13.2. The molecule has 0 bridgehead atoms. The van der Waals surface area contributed by atoms with Gasteiger partial charge in [-0.15, -0.1) is 0 Å². The van der Waals surface area contributed by atoms with Gasteiger partial charge in [0.15, 0.2) is 5.96 Å². The van der Waals surface area contributed by atoms with E-state index in [-0.39, 0.29) is 18.8 Å². The Morgan fingerprint density at radius 1 is 0.921 bits per heavy atom. The van der Waals surface area contributed by atoms with E-state index in [2.05, 4.69) is 20.9 Å². The number of amides is 2. The van der Waals surface area contributed by atoms with Gasteiger partial charge in [-0.25, -0.2) is 4.79 Å². The number of nitrogens with two attached hydrogens (primary N) is 2. The number of hydrogen-bond donors (Lipinski definition) is 8. The molecule has 0 radical (unpaired) electrons. The van der Waals surface area contributed by atoms with Gasteiger partial charge in [-0.2, -0.15) is 0 Å². The van der Waals surface area contributed by atoms with Crippen molar-refractivity contribution in [3.8, 4) is 0 Å². The van der Waals surface area contributed by atoms with Crippen molar-refractivity contribution >= 4 is 34.6 Å². The smallest absolute Gasteiger partial charge is 0.326 e. The Hall–Kier alpha value is -4.38. The lowest BCUT2D eigenvalue weighted by Gasteiger charge is -2.23. The van der Waals surface area contributed by atoms with Crippen LogP contribution in [0.15, 0.2) is 60.8 Å². The van der Waals surface area contributed by atoms with E-state index >= 15 is 0 Å². The molecule has 0 aliphatic carbocycles. The summed E-state index contributed by atoms with van der Waals surface area (Å²) in [4.78, 5) is 41.3. The molecule has 0 spiro atoms. The highest BCUT2D eigenvalue weighted by Crippen LogP contribution is 2.19. The Balaban J connectivity index is 1.67. The SMILES string of the molecule is N=C(N)NCCCC[C@H](NC(=O)[C@H](N)Cc1ccccc1)C(=O)N[C@@H](Cc1c[nH]c2ccccc12)C(=O)O. The average molecular weight is 522 g/mol. The van der Waals surface area contributed by atoms with E-state index in [1.165, 1.54) is 0 Å². The van der Waals surface area contributed by atoms with Gasteiger partial charge in [0.1, 0.15) is 12.1 Å². The molecule has 0 aliphatic heterocycles. The fourth-order valence-corrected chi connectivity index (χ4v) is 4.20. The first-order chi connectivity index (χ1) is 18.2. The normalized spacial score (nSPS) is 13.3. The summed E-state index contributed by atoms with van der Waals surface area (Å²) in [6, 6.07) is 13.7. The van der Waals surface area contributed by atoms with Crippen LogP contribution in [0.3, 0.4) is 0 Å². The quantitative estimate of drug-likeness (QED) is 0.0878. The molecule has 0 saturated heterocycles.